The smallest absolute Gasteiger partial charge is 0.254 e. The van der Waals surface area contributed by atoms with Crippen molar-refractivity contribution in [1.29, 1.82) is 0 Å². The molecule has 142 valence electrons. The minimum atomic E-state index is -0.438. The van der Waals surface area contributed by atoms with Gasteiger partial charge in [0.05, 0.1) is 17.6 Å². The van der Waals surface area contributed by atoms with Crippen molar-refractivity contribution in [2.75, 3.05) is 19.8 Å². The van der Waals surface area contributed by atoms with E-state index < -0.39 is 5.54 Å². The lowest BCUT2D eigenvalue weighted by Crippen LogP contribution is -2.56. The summed E-state index contributed by atoms with van der Waals surface area (Å²) in [6, 6.07) is 3.32. The maximum Gasteiger partial charge on any atom is 0.254 e. The largest absolute Gasteiger partial charge is 0.381 e. The fourth-order valence-electron chi connectivity index (χ4n) is 4.67. The molecule has 0 radical (unpaired) electrons. The third kappa shape index (κ3) is 2.64. The number of aryl methyl sites for hydroxylation is 1. The maximum absolute atomic E-state index is 13.5. The first-order chi connectivity index (χ1) is 13.1. The lowest BCUT2D eigenvalue weighted by atomic mass is 9.80. The highest BCUT2D eigenvalue weighted by molar-refractivity contribution is 5.95. The van der Waals surface area contributed by atoms with Gasteiger partial charge < -0.3 is 19.2 Å². The van der Waals surface area contributed by atoms with Crippen molar-refractivity contribution in [3.8, 4) is 0 Å². The van der Waals surface area contributed by atoms with Crippen LogP contribution >= 0.6 is 0 Å². The Labute approximate surface area is 157 Å². The van der Waals surface area contributed by atoms with Crippen LogP contribution in [-0.4, -0.2) is 45.1 Å². The van der Waals surface area contributed by atoms with Crippen LogP contribution in [0.25, 0.3) is 0 Å². The summed E-state index contributed by atoms with van der Waals surface area (Å²) < 4.78 is 7.67. The number of carbonyl (C=O) groups is 1. The van der Waals surface area contributed by atoms with Gasteiger partial charge >= 0.3 is 0 Å². The molecule has 0 aromatic carbocycles. The first-order valence-corrected chi connectivity index (χ1v) is 9.73. The summed E-state index contributed by atoms with van der Waals surface area (Å²) in [5.41, 5.74) is 2.95. The molecule has 1 aliphatic carbocycles. The van der Waals surface area contributed by atoms with Gasteiger partial charge in [0.15, 0.2) is 0 Å². The Morgan fingerprint density at radius 2 is 2.07 bits per heavy atom. The van der Waals surface area contributed by atoms with E-state index in [1.165, 1.54) is 11.8 Å². The van der Waals surface area contributed by atoms with Crippen molar-refractivity contribution < 1.29 is 9.53 Å². The van der Waals surface area contributed by atoms with Gasteiger partial charge in [-0.25, -0.2) is 4.98 Å². The molecule has 7 nitrogen and oxygen atoms in total. The molecule has 1 saturated heterocycles. The molecular formula is C20H24N4O3. The van der Waals surface area contributed by atoms with Crippen molar-refractivity contribution in [3.05, 3.63) is 51.5 Å². The number of H-pyrrole nitrogens is 1. The van der Waals surface area contributed by atoms with E-state index in [0.717, 1.165) is 43.5 Å². The van der Waals surface area contributed by atoms with Crippen LogP contribution in [0.5, 0.6) is 0 Å². The van der Waals surface area contributed by atoms with Gasteiger partial charge in [0.2, 0.25) is 5.56 Å². The third-order valence-corrected chi connectivity index (χ3v) is 6.28. The molecule has 3 aliphatic rings. The van der Waals surface area contributed by atoms with Gasteiger partial charge in [-0.3, -0.25) is 9.59 Å². The predicted octanol–water partition coefficient (Wildman–Crippen LogP) is 1.69. The number of carbonyl (C=O) groups excluding carboxylic acids is 1. The quantitative estimate of drug-likeness (QED) is 0.875. The van der Waals surface area contributed by atoms with E-state index in [0.29, 0.717) is 31.2 Å². The van der Waals surface area contributed by atoms with Crippen LogP contribution in [0.4, 0.5) is 0 Å². The van der Waals surface area contributed by atoms with E-state index in [1.54, 1.807) is 0 Å². The predicted molar refractivity (Wildman–Crippen MR) is 98.7 cm³/mol. The van der Waals surface area contributed by atoms with Crippen LogP contribution in [-0.2, 0) is 23.7 Å². The zero-order chi connectivity index (χ0) is 18.6. The van der Waals surface area contributed by atoms with Crippen molar-refractivity contribution in [1.82, 2.24) is 19.4 Å². The van der Waals surface area contributed by atoms with Crippen LogP contribution in [0.2, 0.25) is 0 Å². The highest BCUT2D eigenvalue weighted by atomic mass is 16.5. The Balaban J connectivity index is 1.57. The Hall–Kier alpha value is -2.41. The number of fused-ring (bicyclic) bond motifs is 2. The number of amides is 1. The molecule has 1 saturated carbocycles. The number of pyridine rings is 1. The number of aromatic nitrogens is 3. The number of hydrogen-bond donors (Lipinski definition) is 1. The first-order valence-electron chi connectivity index (χ1n) is 9.73. The molecule has 2 fully saturated rings. The molecule has 0 unspecified atom stereocenters. The van der Waals surface area contributed by atoms with Gasteiger partial charge in [0, 0.05) is 56.2 Å². The molecule has 2 aliphatic heterocycles. The second-order valence-electron chi connectivity index (χ2n) is 7.96. The molecule has 5 rings (SSSR count). The SMILES string of the molecule is Cn1cnc2c1CCN(C(=O)c1cc(C3CC3)[nH]c(=O)c1)C21CCOCC1. The number of nitrogens with one attached hydrogen (secondary N) is 1. The lowest BCUT2D eigenvalue weighted by Gasteiger charge is -2.48. The monoisotopic (exact) mass is 368 g/mol. The van der Waals surface area contributed by atoms with Gasteiger partial charge in [0.1, 0.15) is 0 Å². The van der Waals surface area contributed by atoms with E-state index in [1.807, 2.05) is 24.3 Å². The highest BCUT2D eigenvalue weighted by Gasteiger charge is 2.48. The molecule has 27 heavy (non-hydrogen) atoms. The third-order valence-electron chi connectivity index (χ3n) is 6.28. The van der Waals surface area contributed by atoms with Crippen LogP contribution in [0.1, 0.15) is 59.0 Å². The molecule has 1 N–H and O–H groups in total. The second kappa shape index (κ2) is 6.05. The van der Waals surface area contributed by atoms with Crippen molar-refractivity contribution in [3.63, 3.8) is 0 Å². The fourth-order valence-corrected chi connectivity index (χ4v) is 4.67. The van der Waals surface area contributed by atoms with E-state index >= 15 is 0 Å². The van der Waals surface area contributed by atoms with Crippen molar-refractivity contribution in [2.45, 2.75) is 43.6 Å². The van der Waals surface area contributed by atoms with E-state index in [4.69, 9.17) is 4.74 Å². The summed E-state index contributed by atoms with van der Waals surface area (Å²) in [6.45, 7) is 1.86. The Morgan fingerprint density at radius 1 is 1.30 bits per heavy atom. The summed E-state index contributed by atoms with van der Waals surface area (Å²) in [4.78, 5) is 35.2. The molecule has 1 spiro atoms. The fraction of sp³-hybridized carbons (Fsp3) is 0.550. The standard InChI is InChI=1S/C20H24N4O3/c1-23-12-21-18-16(23)4-7-24(20(18)5-8-27-9-6-20)19(26)14-10-15(13-2-3-13)22-17(25)11-14/h10-13H,2-9H2,1H3,(H,22,25). The number of aromatic amines is 1. The van der Waals surface area contributed by atoms with E-state index in [9.17, 15) is 9.59 Å². The summed E-state index contributed by atoms with van der Waals surface area (Å²) in [5.74, 6) is 0.326. The number of hydrogen-bond acceptors (Lipinski definition) is 4. The lowest BCUT2D eigenvalue weighted by molar-refractivity contribution is -0.0296. The highest BCUT2D eigenvalue weighted by Crippen LogP contribution is 2.43. The van der Waals surface area contributed by atoms with Gasteiger partial charge in [-0.15, -0.1) is 0 Å². The molecule has 7 heteroatoms. The van der Waals surface area contributed by atoms with Crippen LogP contribution < -0.4 is 5.56 Å². The number of imidazole rings is 1. The van der Waals surface area contributed by atoms with Crippen LogP contribution in [0.15, 0.2) is 23.3 Å². The maximum atomic E-state index is 13.5. The van der Waals surface area contributed by atoms with Gasteiger partial charge in [-0.1, -0.05) is 0 Å². The van der Waals surface area contributed by atoms with E-state index in [-0.39, 0.29) is 11.5 Å². The minimum Gasteiger partial charge on any atom is -0.381 e. The molecule has 4 heterocycles. The number of rotatable bonds is 2. The number of nitrogens with zero attached hydrogens (tertiary/aromatic N) is 3. The average molecular weight is 368 g/mol. The molecule has 0 bridgehead atoms. The van der Waals surface area contributed by atoms with E-state index in [2.05, 4.69) is 14.5 Å². The van der Waals surface area contributed by atoms with Crippen molar-refractivity contribution in [2.24, 2.45) is 7.05 Å². The summed E-state index contributed by atoms with van der Waals surface area (Å²) in [5, 5.41) is 0. The molecule has 2 aromatic rings. The summed E-state index contributed by atoms with van der Waals surface area (Å²) in [7, 11) is 2.01. The molecule has 0 atom stereocenters. The van der Waals surface area contributed by atoms with Gasteiger partial charge in [-0.05, 0) is 37.7 Å². The summed E-state index contributed by atoms with van der Waals surface area (Å²) in [6.07, 6.45) is 6.25. The van der Waals surface area contributed by atoms with Gasteiger partial charge in [-0.2, -0.15) is 0 Å². The normalized spacial score (nSPS) is 21.3. The van der Waals surface area contributed by atoms with Gasteiger partial charge in [0.25, 0.3) is 5.91 Å². The topological polar surface area (TPSA) is 80.2 Å². The molecular weight excluding hydrogens is 344 g/mol. The Morgan fingerprint density at radius 3 is 2.81 bits per heavy atom. The molecule has 1 amide bonds. The van der Waals surface area contributed by atoms with Crippen LogP contribution in [0, 0.1) is 0 Å². The van der Waals surface area contributed by atoms with Crippen molar-refractivity contribution >= 4 is 5.91 Å². The minimum absolute atomic E-state index is 0.0683. The summed E-state index contributed by atoms with van der Waals surface area (Å²) >= 11 is 0. The average Bonchev–Trinajstić information content (AvgIpc) is 3.45. The first kappa shape index (κ1) is 16.7. The molecule has 2 aromatic heterocycles. The Bertz CT molecular complexity index is 950. The Kier molecular flexibility index (Phi) is 3.75. The van der Waals surface area contributed by atoms with Crippen LogP contribution in [0.3, 0.4) is 0 Å². The zero-order valence-corrected chi connectivity index (χ0v) is 15.5. The second-order valence-corrected chi connectivity index (χ2v) is 7.96. The number of ether oxygens (including phenoxy) is 1. The zero-order valence-electron chi connectivity index (χ0n) is 15.5.